The number of nitrogens with zero attached hydrogens (tertiary/aromatic N) is 1. The van der Waals surface area contributed by atoms with Gasteiger partial charge in [-0.2, -0.15) is 0 Å². The molecule has 7 nitrogen and oxygen atoms in total. The second kappa shape index (κ2) is 6.09. The number of hydrogen-bond donors (Lipinski definition) is 4. The Morgan fingerprint density at radius 1 is 1.36 bits per heavy atom. The lowest BCUT2D eigenvalue weighted by atomic mass is 9.76. The number of rotatable bonds is 6. The summed E-state index contributed by atoms with van der Waals surface area (Å²) in [6.07, 6.45) is 2.01. The highest BCUT2D eigenvalue weighted by molar-refractivity contribution is 6.40. The second-order valence-corrected chi connectivity index (χ2v) is 7.14. The van der Waals surface area contributed by atoms with Crippen molar-refractivity contribution in [2.45, 2.75) is 37.2 Å². The molecule has 3 aliphatic rings. The van der Waals surface area contributed by atoms with Crippen LogP contribution in [0.25, 0.3) is 0 Å². The van der Waals surface area contributed by atoms with Crippen LogP contribution >= 0.6 is 0 Å². The fourth-order valence-corrected chi connectivity index (χ4v) is 4.54. The number of hydrogen-bond acceptors (Lipinski definition) is 6. The van der Waals surface area contributed by atoms with E-state index in [-0.39, 0.29) is 18.2 Å². The first-order chi connectivity index (χ1) is 10.4. The molecule has 0 bridgehead atoms. The molecule has 2 heterocycles. The molecule has 0 amide bonds. The van der Waals surface area contributed by atoms with Crippen LogP contribution in [0.15, 0.2) is 0 Å². The molecule has 2 aliphatic heterocycles. The lowest BCUT2D eigenvalue weighted by Crippen LogP contribution is -2.54. The molecule has 4 unspecified atom stereocenters. The van der Waals surface area contributed by atoms with Crippen LogP contribution in [0.1, 0.15) is 19.3 Å². The van der Waals surface area contributed by atoms with Gasteiger partial charge >= 0.3 is 13.1 Å². The maximum atomic E-state index is 11.7. The standard InChI is InChI=1S/C14H25BN2O5/c16-14(13(18)19)4-9-5-17(10-7-22-8-10)6-11(9)12(14)2-1-3-15(20)21/h9-12,20-21H,1-8,16H2,(H,18,19). The second-order valence-electron chi connectivity index (χ2n) is 7.14. The average Bonchev–Trinajstić information content (AvgIpc) is 2.84. The quantitative estimate of drug-likeness (QED) is 0.464. The molecule has 2 saturated heterocycles. The summed E-state index contributed by atoms with van der Waals surface area (Å²) in [4.78, 5) is 14.1. The van der Waals surface area contributed by atoms with Crippen LogP contribution in [0.2, 0.25) is 6.32 Å². The Balaban J connectivity index is 1.68. The van der Waals surface area contributed by atoms with Gasteiger partial charge in [0.15, 0.2) is 0 Å². The van der Waals surface area contributed by atoms with Gasteiger partial charge in [-0.25, -0.2) is 0 Å². The van der Waals surface area contributed by atoms with Crippen molar-refractivity contribution in [3.05, 3.63) is 0 Å². The van der Waals surface area contributed by atoms with Gasteiger partial charge in [0.1, 0.15) is 5.54 Å². The van der Waals surface area contributed by atoms with E-state index in [9.17, 15) is 9.90 Å². The van der Waals surface area contributed by atoms with Crippen molar-refractivity contribution in [2.75, 3.05) is 26.3 Å². The van der Waals surface area contributed by atoms with E-state index in [2.05, 4.69) is 4.90 Å². The molecule has 0 aromatic heterocycles. The molecular weight excluding hydrogens is 287 g/mol. The maximum Gasteiger partial charge on any atom is 0.451 e. The van der Waals surface area contributed by atoms with E-state index < -0.39 is 18.6 Å². The molecular formula is C14H25BN2O5. The molecule has 1 aliphatic carbocycles. The number of fused-ring (bicyclic) bond motifs is 1. The van der Waals surface area contributed by atoms with Crippen molar-refractivity contribution in [3.8, 4) is 0 Å². The summed E-state index contributed by atoms with van der Waals surface area (Å²) in [5, 5.41) is 27.6. The summed E-state index contributed by atoms with van der Waals surface area (Å²) in [5.74, 6) is -0.405. The summed E-state index contributed by atoms with van der Waals surface area (Å²) in [6, 6.07) is 0.475. The Morgan fingerprint density at radius 3 is 2.64 bits per heavy atom. The zero-order valence-corrected chi connectivity index (χ0v) is 12.7. The van der Waals surface area contributed by atoms with Crippen molar-refractivity contribution in [1.82, 2.24) is 4.90 Å². The SMILES string of the molecule is NC1(C(=O)O)CC2CN(C3COC3)CC2C1CCCB(O)O. The minimum absolute atomic E-state index is 0.0975. The first kappa shape index (κ1) is 16.2. The minimum Gasteiger partial charge on any atom is -0.480 e. The summed E-state index contributed by atoms with van der Waals surface area (Å²) in [5.41, 5.74) is 5.08. The first-order valence-corrected chi connectivity index (χ1v) is 8.12. The molecule has 0 aromatic rings. The number of aliphatic carboxylic acids is 1. The third kappa shape index (κ3) is 2.78. The molecule has 3 rings (SSSR count). The van der Waals surface area contributed by atoms with Gasteiger partial charge in [-0.1, -0.05) is 6.42 Å². The van der Waals surface area contributed by atoms with Crippen LogP contribution in [-0.4, -0.2) is 71.0 Å². The Bertz CT molecular complexity index is 433. The van der Waals surface area contributed by atoms with Crippen LogP contribution in [0.3, 0.4) is 0 Å². The van der Waals surface area contributed by atoms with Gasteiger partial charge in [-0.15, -0.1) is 0 Å². The molecule has 0 aromatic carbocycles. The highest BCUT2D eigenvalue weighted by Crippen LogP contribution is 2.50. The summed E-state index contributed by atoms with van der Waals surface area (Å²) >= 11 is 0. The number of carboxylic acid groups (broad SMARTS) is 1. The van der Waals surface area contributed by atoms with E-state index in [1.54, 1.807) is 0 Å². The van der Waals surface area contributed by atoms with E-state index in [4.69, 9.17) is 20.5 Å². The van der Waals surface area contributed by atoms with Crippen LogP contribution < -0.4 is 5.73 Å². The van der Waals surface area contributed by atoms with Gasteiger partial charge in [-0.3, -0.25) is 9.69 Å². The molecule has 0 radical (unpaired) electrons. The molecule has 3 fully saturated rings. The molecule has 22 heavy (non-hydrogen) atoms. The van der Waals surface area contributed by atoms with Crippen LogP contribution in [0.4, 0.5) is 0 Å². The Kier molecular flexibility index (Phi) is 4.48. The fourth-order valence-electron chi connectivity index (χ4n) is 4.54. The average molecular weight is 312 g/mol. The van der Waals surface area contributed by atoms with Crippen molar-refractivity contribution >= 4 is 13.1 Å². The predicted molar refractivity (Wildman–Crippen MR) is 80.1 cm³/mol. The molecule has 0 spiro atoms. The van der Waals surface area contributed by atoms with Crippen molar-refractivity contribution in [1.29, 1.82) is 0 Å². The molecule has 124 valence electrons. The van der Waals surface area contributed by atoms with Crippen LogP contribution in [0.5, 0.6) is 0 Å². The van der Waals surface area contributed by atoms with Crippen molar-refractivity contribution in [3.63, 3.8) is 0 Å². The molecule has 5 N–H and O–H groups in total. The highest BCUT2D eigenvalue weighted by Gasteiger charge is 2.58. The summed E-state index contributed by atoms with van der Waals surface area (Å²) < 4.78 is 5.25. The predicted octanol–water partition coefficient (Wildman–Crippen LogP) is -1.01. The number of likely N-dealkylation sites (tertiary alicyclic amines) is 1. The zero-order valence-electron chi connectivity index (χ0n) is 12.7. The lowest BCUT2D eigenvalue weighted by Gasteiger charge is -2.37. The largest absolute Gasteiger partial charge is 0.480 e. The third-order valence-corrected chi connectivity index (χ3v) is 5.81. The van der Waals surface area contributed by atoms with Crippen molar-refractivity contribution in [2.24, 2.45) is 23.5 Å². The molecule has 1 saturated carbocycles. The van der Waals surface area contributed by atoms with E-state index in [0.29, 0.717) is 31.2 Å². The van der Waals surface area contributed by atoms with E-state index in [1.165, 1.54) is 0 Å². The lowest BCUT2D eigenvalue weighted by molar-refractivity contribution is -0.145. The van der Waals surface area contributed by atoms with Crippen molar-refractivity contribution < 1.29 is 24.7 Å². The number of carbonyl (C=O) groups is 1. The van der Waals surface area contributed by atoms with Crippen LogP contribution in [-0.2, 0) is 9.53 Å². The van der Waals surface area contributed by atoms with E-state index >= 15 is 0 Å². The monoisotopic (exact) mass is 312 g/mol. The zero-order chi connectivity index (χ0) is 15.9. The van der Waals surface area contributed by atoms with E-state index in [0.717, 1.165) is 26.3 Å². The smallest absolute Gasteiger partial charge is 0.451 e. The maximum absolute atomic E-state index is 11.7. The third-order valence-electron chi connectivity index (χ3n) is 5.81. The first-order valence-electron chi connectivity index (χ1n) is 8.12. The van der Waals surface area contributed by atoms with Gasteiger partial charge in [0.2, 0.25) is 0 Å². The van der Waals surface area contributed by atoms with Gasteiger partial charge in [0.25, 0.3) is 0 Å². The number of nitrogens with two attached hydrogens (primary N) is 1. The molecule has 8 heteroatoms. The normalized spacial score (nSPS) is 38.8. The number of carboxylic acids is 1. The fraction of sp³-hybridized carbons (Fsp3) is 0.929. The Hall–Kier alpha value is -0.665. The topological polar surface area (TPSA) is 116 Å². The Labute approximate surface area is 130 Å². The summed E-state index contributed by atoms with van der Waals surface area (Å²) in [6.45, 7) is 3.34. The minimum atomic E-state index is -1.33. The van der Waals surface area contributed by atoms with Gasteiger partial charge in [0.05, 0.1) is 19.3 Å². The molecule has 4 atom stereocenters. The summed E-state index contributed by atoms with van der Waals surface area (Å²) in [7, 11) is -1.33. The van der Waals surface area contributed by atoms with Gasteiger partial charge in [-0.05, 0) is 36.9 Å². The van der Waals surface area contributed by atoms with E-state index in [1.807, 2.05) is 0 Å². The van der Waals surface area contributed by atoms with Crippen LogP contribution in [0, 0.1) is 17.8 Å². The highest BCUT2D eigenvalue weighted by atomic mass is 16.5. The number of ether oxygens (including phenoxy) is 1. The van der Waals surface area contributed by atoms with Gasteiger partial charge in [0, 0.05) is 13.1 Å². The Morgan fingerprint density at radius 2 is 2.09 bits per heavy atom. The van der Waals surface area contributed by atoms with Gasteiger partial charge < -0.3 is 25.6 Å².